The molecule has 2 aliphatic heterocycles. The standard InChI is InChI=1S/C20H26N4O/c1-2-19(25)22-8-11-23-9-7-17(14-23)24-10-6-16-13-21-12-15-4-3-5-18(24)20(15)16/h3-5,12-13,17H,2,6-11,14H2,1H3,(H,22,25). The Morgan fingerprint density at radius 3 is 3.12 bits per heavy atom. The van der Waals surface area contributed by atoms with Crippen LogP contribution < -0.4 is 10.2 Å². The lowest BCUT2D eigenvalue weighted by atomic mass is 9.97. The molecule has 1 aromatic carbocycles. The summed E-state index contributed by atoms with van der Waals surface area (Å²) in [6, 6.07) is 7.13. The lowest BCUT2D eigenvalue weighted by molar-refractivity contribution is -0.120. The highest BCUT2D eigenvalue weighted by Crippen LogP contribution is 2.36. The highest BCUT2D eigenvalue weighted by molar-refractivity contribution is 5.97. The van der Waals surface area contributed by atoms with Gasteiger partial charge in [-0.15, -0.1) is 0 Å². The molecule has 1 amide bonds. The van der Waals surface area contributed by atoms with E-state index in [4.69, 9.17) is 0 Å². The number of pyridine rings is 1. The van der Waals surface area contributed by atoms with Crippen LogP contribution in [0.5, 0.6) is 0 Å². The van der Waals surface area contributed by atoms with Gasteiger partial charge in [-0.1, -0.05) is 19.1 Å². The zero-order valence-corrected chi connectivity index (χ0v) is 14.9. The Labute approximate surface area is 149 Å². The van der Waals surface area contributed by atoms with Crippen molar-refractivity contribution in [3.8, 4) is 0 Å². The van der Waals surface area contributed by atoms with Crippen molar-refractivity contribution >= 4 is 22.4 Å². The predicted molar refractivity (Wildman–Crippen MR) is 101 cm³/mol. The first kappa shape index (κ1) is 16.3. The second-order valence-electron chi connectivity index (χ2n) is 7.06. The summed E-state index contributed by atoms with van der Waals surface area (Å²) in [4.78, 5) is 20.8. The molecular formula is C20H26N4O. The summed E-state index contributed by atoms with van der Waals surface area (Å²) in [7, 11) is 0. The van der Waals surface area contributed by atoms with E-state index in [1.54, 1.807) is 0 Å². The third-order valence-electron chi connectivity index (χ3n) is 5.53. The van der Waals surface area contributed by atoms with Gasteiger partial charge in [-0.3, -0.25) is 14.7 Å². The van der Waals surface area contributed by atoms with Gasteiger partial charge in [0.15, 0.2) is 0 Å². The number of nitrogens with zero attached hydrogens (tertiary/aromatic N) is 3. The van der Waals surface area contributed by atoms with Gasteiger partial charge < -0.3 is 10.2 Å². The van der Waals surface area contributed by atoms with Gasteiger partial charge in [0, 0.05) is 74.0 Å². The molecule has 5 heteroatoms. The number of likely N-dealkylation sites (tertiary alicyclic amines) is 1. The Morgan fingerprint density at radius 2 is 2.24 bits per heavy atom. The van der Waals surface area contributed by atoms with Crippen LogP contribution in [0.15, 0.2) is 30.6 Å². The molecule has 0 radical (unpaired) electrons. The lowest BCUT2D eigenvalue weighted by Crippen LogP contribution is -2.41. The average Bonchev–Trinajstić information content (AvgIpc) is 3.11. The molecule has 1 aromatic heterocycles. The van der Waals surface area contributed by atoms with Crippen LogP contribution in [0.3, 0.4) is 0 Å². The number of carbonyl (C=O) groups is 1. The van der Waals surface area contributed by atoms with Crippen molar-refractivity contribution in [2.45, 2.75) is 32.2 Å². The zero-order valence-electron chi connectivity index (χ0n) is 14.9. The van der Waals surface area contributed by atoms with Crippen LogP contribution >= 0.6 is 0 Å². The monoisotopic (exact) mass is 338 g/mol. The van der Waals surface area contributed by atoms with Crippen molar-refractivity contribution in [3.05, 3.63) is 36.2 Å². The molecule has 1 atom stereocenters. The molecule has 2 aliphatic rings. The maximum absolute atomic E-state index is 11.4. The van der Waals surface area contributed by atoms with Crippen molar-refractivity contribution in [1.29, 1.82) is 0 Å². The normalized spacial score (nSPS) is 20.2. The number of nitrogens with one attached hydrogen (secondary N) is 1. The van der Waals surface area contributed by atoms with E-state index < -0.39 is 0 Å². The van der Waals surface area contributed by atoms with E-state index in [9.17, 15) is 4.79 Å². The maximum Gasteiger partial charge on any atom is 0.219 e. The van der Waals surface area contributed by atoms with E-state index in [0.717, 1.165) is 39.1 Å². The summed E-state index contributed by atoms with van der Waals surface area (Å²) in [5.41, 5.74) is 2.74. The van der Waals surface area contributed by atoms with Gasteiger partial charge in [-0.05, 0) is 24.5 Å². The molecule has 5 nitrogen and oxygen atoms in total. The second-order valence-corrected chi connectivity index (χ2v) is 7.06. The molecule has 4 rings (SSSR count). The smallest absolute Gasteiger partial charge is 0.219 e. The van der Waals surface area contributed by atoms with Crippen molar-refractivity contribution in [3.63, 3.8) is 0 Å². The van der Waals surface area contributed by atoms with Gasteiger partial charge >= 0.3 is 0 Å². The van der Waals surface area contributed by atoms with Crippen molar-refractivity contribution in [2.75, 3.05) is 37.6 Å². The number of anilines is 1. The summed E-state index contributed by atoms with van der Waals surface area (Å²) in [5.74, 6) is 0.142. The summed E-state index contributed by atoms with van der Waals surface area (Å²) < 4.78 is 0. The molecule has 3 heterocycles. The molecule has 0 spiro atoms. The second kappa shape index (κ2) is 7.00. The quantitative estimate of drug-likeness (QED) is 0.908. The third kappa shape index (κ3) is 3.21. The van der Waals surface area contributed by atoms with Gasteiger partial charge in [0.1, 0.15) is 0 Å². The van der Waals surface area contributed by atoms with Crippen LogP contribution in [0.2, 0.25) is 0 Å². The fourth-order valence-electron chi connectivity index (χ4n) is 4.20. The molecule has 1 N–H and O–H groups in total. The topological polar surface area (TPSA) is 48.5 Å². The average molecular weight is 338 g/mol. The maximum atomic E-state index is 11.4. The van der Waals surface area contributed by atoms with E-state index in [2.05, 4.69) is 38.3 Å². The van der Waals surface area contributed by atoms with Crippen LogP contribution in [0.4, 0.5) is 5.69 Å². The number of benzene rings is 1. The minimum Gasteiger partial charge on any atom is -0.366 e. The molecule has 1 unspecified atom stereocenters. The van der Waals surface area contributed by atoms with Crippen LogP contribution in [0.1, 0.15) is 25.3 Å². The number of amides is 1. The SMILES string of the molecule is CCC(=O)NCCN1CCC(N2CCc3cncc4cccc2c34)C1. The van der Waals surface area contributed by atoms with Crippen molar-refractivity contribution in [2.24, 2.45) is 0 Å². The van der Waals surface area contributed by atoms with E-state index in [1.165, 1.54) is 28.4 Å². The number of hydrogen-bond acceptors (Lipinski definition) is 4. The molecule has 0 aliphatic carbocycles. The van der Waals surface area contributed by atoms with Gasteiger partial charge in [-0.25, -0.2) is 0 Å². The molecule has 0 bridgehead atoms. The summed E-state index contributed by atoms with van der Waals surface area (Å²) >= 11 is 0. The van der Waals surface area contributed by atoms with Crippen LogP contribution in [-0.2, 0) is 11.2 Å². The summed E-state index contributed by atoms with van der Waals surface area (Å²) in [6.45, 7) is 6.86. The number of hydrogen-bond donors (Lipinski definition) is 1. The van der Waals surface area contributed by atoms with E-state index >= 15 is 0 Å². The Bertz CT molecular complexity index is 770. The lowest BCUT2D eigenvalue weighted by Gasteiger charge is -2.36. The number of aromatic nitrogens is 1. The minimum absolute atomic E-state index is 0.142. The van der Waals surface area contributed by atoms with Crippen molar-refractivity contribution < 1.29 is 4.79 Å². The molecule has 25 heavy (non-hydrogen) atoms. The zero-order chi connectivity index (χ0) is 17.2. The largest absolute Gasteiger partial charge is 0.366 e. The number of rotatable bonds is 5. The summed E-state index contributed by atoms with van der Waals surface area (Å²) in [5, 5.41) is 5.62. The Kier molecular flexibility index (Phi) is 4.57. The molecule has 2 aromatic rings. The van der Waals surface area contributed by atoms with Crippen LogP contribution in [0.25, 0.3) is 10.8 Å². The highest BCUT2D eigenvalue weighted by atomic mass is 16.1. The van der Waals surface area contributed by atoms with Crippen LogP contribution in [-0.4, -0.2) is 54.6 Å². The van der Waals surface area contributed by atoms with E-state index in [0.29, 0.717) is 12.5 Å². The Morgan fingerprint density at radius 1 is 1.32 bits per heavy atom. The highest BCUT2D eigenvalue weighted by Gasteiger charge is 2.30. The predicted octanol–water partition coefficient (Wildman–Crippen LogP) is 2.20. The minimum atomic E-state index is 0.142. The Hall–Kier alpha value is -2.14. The first-order chi connectivity index (χ1) is 12.3. The van der Waals surface area contributed by atoms with E-state index in [1.807, 2.05) is 19.3 Å². The molecule has 132 valence electrons. The fraction of sp³-hybridized carbons (Fsp3) is 0.500. The van der Waals surface area contributed by atoms with Gasteiger partial charge in [0.2, 0.25) is 5.91 Å². The molecule has 0 saturated carbocycles. The first-order valence-electron chi connectivity index (χ1n) is 9.37. The van der Waals surface area contributed by atoms with Gasteiger partial charge in [0.25, 0.3) is 0 Å². The first-order valence-corrected chi connectivity index (χ1v) is 9.37. The molecular weight excluding hydrogens is 312 g/mol. The summed E-state index contributed by atoms with van der Waals surface area (Å²) in [6.07, 6.45) is 6.83. The number of carbonyl (C=O) groups excluding carboxylic acids is 1. The van der Waals surface area contributed by atoms with E-state index in [-0.39, 0.29) is 5.91 Å². The molecule has 1 fully saturated rings. The van der Waals surface area contributed by atoms with Gasteiger partial charge in [0.05, 0.1) is 0 Å². The molecule has 1 saturated heterocycles. The Balaban J connectivity index is 1.45. The van der Waals surface area contributed by atoms with Gasteiger partial charge in [-0.2, -0.15) is 0 Å². The van der Waals surface area contributed by atoms with Crippen molar-refractivity contribution in [1.82, 2.24) is 15.2 Å². The third-order valence-corrected chi connectivity index (χ3v) is 5.53. The van der Waals surface area contributed by atoms with Crippen LogP contribution in [0, 0.1) is 0 Å². The fourth-order valence-corrected chi connectivity index (χ4v) is 4.20.